The molecule has 0 fully saturated rings. The minimum Gasteiger partial charge on any atom is -0.508 e. The van der Waals surface area contributed by atoms with Gasteiger partial charge in [-0.3, -0.25) is 4.72 Å². The van der Waals surface area contributed by atoms with E-state index < -0.39 is 10.0 Å². The number of anilines is 1. The van der Waals surface area contributed by atoms with Gasteiger partial charge in [0.15, 0.2) is 0 Å². The number of phenolic OH excluding ortho intramolecular Hbond substituents is 2. The summed E-state index contributed by atoms with van der Waals surface area (Å²) in [6, 6.07) is 12.4. The van der Waals surface area contributed by atoms with Gasteiger partial charge >= 0.3 is 0 Å². The van der Waals surface area contributed by atoms with Crippen molar-refractivity contribution in [1.29, 1.82) is 0 Å². The average molecular weight is 279 g/mol. The molecule has 6 heteroatoms. The maximum absolute atomic E-state index is 11.9. The van der Waals surface area contributed by atoms with E-state index in [0.29, 0.717) is 5.56 Å². The molecular formula is C13H13NO4S. The lowest BCUT2D eigenvalue weighted by Gasteiger charge is -2.09. The number of sulfonamides is 1. The standard InChI is InChI=1S/C13H13NO4S/c15-11-6-7-12(13(16)8-11)14-19(17,18)9-10-4-2-1-3-5-10/h1-8,14-16H,9H2. The zero-order chi connectivity index (χ0) is 13.9. The van der Waals surface area contributed by atoms with E-state index in [2.05, 4.69) is 4.72 Å². The fourth-order valence-electron chi connectivity index (χ4n) is 1.60. The fourth-order valence-corrected chi connectivity index (χ4v) is 2.81. The Labute approximate surface area is 111 Å². The van der Waals surface area contributed by atoms with Crippen molar-refractivity contribution in [2.75, 3.05) is 4.72 Å². The molecule has 0 bridgehead atoms. The molecule has 3 N–H and O–H groups in total. The molecule has 0 unspecified atom stereocenters. The van der Waals surface area contributed by atoms with Gasteiger partial charge in [0, 0.05) is 6.07 Å². The zero-order valence-electron chi connectivity index (χ0n) is 9.95. The summed E-state index contributed by atoms with van der Waals surface area (Å²) in [4.78, 5) is 0. The fraction of sp³-hybridized carbons (Fsp3) is 0.0769. The van der Waals surface area contributed by atoms with Crippen molar-refractivity contribution >= 4 is 15.7 Å². The number of aromatic hydroxyl groups is 2. The summed E-state index contributed by atoms with van der Waals surface area (Å²) in [6.07, 6.45) is 0. The Morgan fingerprint density at radius 1 is 1.00 bits per heavy atom. The minimum absolute atomic E-state index is 0.0359. The molecule has 100 valence electrons. The normalized spacial score (nSPS) is 11.2. The van der Waals surface area contributed by atoms with Gasteiger partial charge in [-0.1, -0.05) is 30.3 Å². The molecule has 0 amide bonds. The predicted octanol–water partition coefficient (Wildman–Crippen LogP) is 2.04. The monoisotopic (exact) mass is 279 g/mol. The van der Waals surface area contributed by atoms with Gasteiger partial charge in [-0.2, -0.15) is 0 Å². The van der Waals surface area contributed by atoms with Crippen LogP contribution in [0.1, 0.15) is 5.56 Å². The van der Waals surface area contributed by atoms with Crippen LogP contribution in [0.15, 0.2) is 48.5 Å². The van der Waals surface area contributed by atoms with Crippen molar-refractivity contribution in [1.82, 2.24) is 0 Å². The quantitative estimate of drug-likeness (QED) is 0.590. The van der Waals surface area contributed by atoms with E-state index >= 15 is 0 Å². The van der Waals surface area contributed by atoms with Crippen LogP contribution in [0.5, 0.6) is 11.5 Å². The summed E-state index contributed by atoms with van der Waals surface area (Å²) < 4.78 is 26.1. The van der Waals surface area contributed by atoms with Gasteiger partial charge in [-0.15, -0.1) is 0 Å². The Hall–Kier alpha value is -2.21. The lowest BCUT2D eigenvalue weighted by Crippen LogP contribution is -2.15. The van der Waals surface area contributed by atoms with E-state index in [1.165, 1.54) is 12.1 Å². The van der Waals surface area contributed by atoms with Crippen LogP contribution in [0.3, 0.4) is 0 Å². The first-order chi connectivity index (χ1) is 8.96. The second-order valence-corrected chi connectivity index (χ2v) is 5.77. The zero-order valence-corrected chi connectivity index (χ0v) is 10.8. The van der Waals surface area contributed by atoms with Gasteiger partial charge in [0.2, 0.25) is 10.0 Å². The van der Waals surface area contributed by atoms with Crippen molar-refractivity contribution in [3.63, 3.8) is 0 Å². The van der Waals surface area contributed by atoms with E-state index in [0.717, 1.165) is 6.07 Å². The van der Waals surface area contributed by atoms with Gasteiger partial charge in [0.1, 0.15) is 11.5 Å². The predicted molar refractivity (Wildman–Crippen MR) is 72.5 cm³/mol. The molecule has 0 aliphatic rings. The third-order valence-corrected chi connectivity index (χ3v) is 3.69. The second kappa shape index (κ2) is 5.19. The van der Waals surface area contributed by atoms with Gasteiger partial charge < -0.3 is 10.2 Å². The third kappa shape index (κ3) is 3.62. The van der Waals surface area contributed by atoms with Gasteiger partial charge in [0.05, 0.1) is 11.4 Å². The Morgan fingerprint density at radius 3 is 2.32 bits per heavy atom. The topological polar surface area (TPSA) is 86.6 Å². The molecule has 2 aromatic rings. The highest BCUT2D eigenvalue weighted by Gasteiger charge is 2.14. The molecule has 0 heterocycles. The van der Waals surface area contributed by atoms with Crippen LogP contribution < -0.4 is 4.72 Å². The highest BCUT2D eigenvalue weighted by atomic mass is 32.2. The van der Waals surface area contributed by atoms with E-state index in [-0.39, 0.29) is 22.9 Å². The summed E-state index contributed by atoms with van der Waals surface area (Å²) in [6.45, 7) is 0. The summed E-state index contributed by atoms with van der Waals surface area (Å²) in [7, 11) is -3.61. The molecule has 0 aliphatic carbocycles. The number of rotatable bonds is 4. The van der Waals surface area contributed by atoms with Gasteiger partial charge in [-0.05, 0) is 17.7 Å². The Bertz CT molecular complexity index is 668. The van der Waals surface area contributed by atoms with Crippen LogP contribution in [0.25, 0.3) is 0 Å². The summed E-state index contributed by atoms with van der Waals surface area (Å²) in [5.41, 5.74) is 0.682. The molecule has 0 saturated carbocycles. The summed E-state index contributed by atoms with van der Waals surface area (Å²) >= 11 is 0. The van der Waals surface area contributed by atoms with Gasteiger partial charge in [0.25, 0.3) is 0 Å². The molecule has 0 saturated heterocycles. The Morgan fingerprint density at radius 2 is 1.68 bits per heavy atom. The first kappa shape index (κ1) is 13.2. The largest absolute Gasteiger partial charge is 0.508 e. The van der Waals surface area contributed by atoms with Crippen molar-refractivity contribution < 1.29 is 18.6 Å². The van der Waals surface area contributed by atoms with E-state index in [9.17, 15) is 13.5 Å². The number of hydrogen-bond acceptors (Lipinski definition) is 4. The molecule has 0 radical (unpaired) electrons. The van der Waals surface area contributed by atoms with Crippen LogP contribution in [0.4, 0.5) is 5.69 Å². The van der Waals surface area contributed by atoms with Crippen LogP contribution >= 0.6 is 0 Å². The average Bonchev–Trinajstić information content (AvgIpc) is 2.33. The van der Waals surface area contributed by atoms with Crippen LogP contribution in [0, 0.1) is 0 Å². The molecule has 0 aliphatic heterocycles. The highest BCUT2D eigenvalue weighted by molar-refractivity contribution is 7.91. The van der Waals surface area contributed by atoms with E-state index in [1.807, 2.05) is 0 Å². The first-order valence-electron chi connectivity index (χ1n) is 5.53. The molecule has 5 nitrogen and oxygen atoms in total. The minimum atomic E-state index is -3.61. The highest BCUT2D eigenvalue weighted by Crippen LogP contribution is 2.28. The lowest BCUT2D eigenvalue weighted by molar-refractivity contribution is 0.452. The molecule has 0 atom stereocenters. The van der Waals surface area contributed by atoms with Crippen LogP contribution in [-0.4, -0.2) is 18.6 Å². The lowest BCUT2D eigenvalue weighted by atomic mass is 10.2. The van der Waals surface area contributed by atoms with E-state index in [1.54, 1.807) is 30.3 Å². The Kier molecular flexibility index (Phi) is 3.62. The molecule has 2 rings (SSSR count). The van der Waals surface area contributed by atoms with Crippen LogP contribution in [0.2, 0.25) is 0 Å². The maximum atomic E-state index is 11.9. The smallest absolute Gasteiger partial charge is 0.237 e. The van der Waals surface area contributed by atoms with Crippen molar-refractivity contribution in [3.05, 3.63) is 54.1 Å². The van der Waals surface area contributed by atoms with E-state index in [4.69, 9.17) is 5.11 Å². The van der Waals surface area contributed by atoms with Gasteiger partial charge in [-0.25, -0.2) is 8.42 Å². The first-order valence-corrected chi connectivity index (χ1v) is 7.18. The molecule has 19 heavy (non-hydrogen) atoms. The molecule has 2 aromatic carbocycles. The number of nitrogens with one attached hydrogen (secondary N) is 1. The summed E-state index contributed by atoms with van der Waals surface area (Å²) in [5.74, 6) is -0.645. The second-order valence-electron chi connectivity index (χ2n) is 4.05. The van der Waals surface area contributed by atoms with Crippen LogP contribution in [-0.2, 0) is 15.8 Å². The Balaban J connectivity index is 2.17. The van der Waals surface area contributed by atoms with Crippen molar-refractivity contribution in [2.24, 2.45) is 0 Å². The third-order valence-electron chi connectivity index (χ3n) is 2.45. The molecular weight excluding hydrogens is 266 g/mol. The maximum Gasteiger partial charge on any atom is 0.237 e. The number of hydrogen-bond donors (Lipinski definition) is 3. The van der Waals surface area contributed by atoms with Crippen molar-refractivity contribution in [3.8, 4) is 11.5 Å². The molecule has 0 spiro atoms. The van der Waals surface area contributed by atoms with Crippen molar-refractivity contribution in [2.45, 2.75) is 5.75 Å². The number of benzene rings is 2. The SMILES string of the molecule is O=S(=O)(Cc1ccccc1)Nc1ccc(O)cc1O. The molecule has 0 aromatic heterocycles. The summed E-state index contributed by atoms with van der Waals surface area (Å²) in [5, 5.41) is 18.7. The number of phenols is 2.